The van der Waals surface area contributed by atoms with Gasteiger partial charge in [0.25, 0.3) is 5.56 Å². The summed E-state index contributed by atoms with van der Waals surface area (Å²) >= 11 is 0. The van der Waals surface area contributed by atoms with Crippen LogP contribution in [0.15, 0.2) is 35.5 Å². The fraction of sp³-hybridized carbons (Fsp3) is 0.308. The number of nitrogens with one attached hydrogen (secondary N) is 2. The number of aromatic amines is 1. The Morgan fingerprint density at radius 3 is 2.95 bits per heavy atom. The smallest absolute Gasteiger partial charge is 0.290 e. The fourth-order valence-corrected chi connectivity index (χ4v) is 1.54. The van der Waals surface area contributed by atoms with Crippen molar-refractivity contribution in [2.75, 3.05) is 5.32 Å². The number of aromatic nitrogens is 3. The first-order chi connectivity index (χ1) is 9.16. The van der Waals surface area contributed by atoms with Gasteiger partial charge in [-0.05, 0) is 19.9 Å². The van der Waals surface area contributed by atoms with E-state index in [1.54, 1.807) is 6.20 Å². The average Bonchev–Trinajstić information content (AvgIpc) is 2.39. The summed E-state index contributed by atoms with van der Waals surface area (Å²) in [4.78, 5) is 22.2. The molecule has 19 heavy (non-hydrogen) atoms. The number of nitrogens with zero attached hydrogens (tertiary/aromatic N) is 2. The van der Waals surface area contributed by atoms with Gasteiger partial charge >= 0.3 is 0 Å². The molecule has 2 rings (SSSR count). The van der Waals surface area contributed by atoms with Crippen LogP contribution >= 0.6 is 0 Å². The van der Waals surface area contributed by atoms with E-state index in [0.717, 1.165) is 5.56 Å². The molecule has 0 spiro atoms. The predicted octanol–water partition coefficient (Wildman–Crippen LogP) is 1.56. The van der Waals surface area contributed by atoms with Crippen LogP contribution < -0.4 is 15.6 Å². The van der Waals surface area contributed by atoms with E-state index < -0.39 is 0 Å². The molecule has 0 amide bonds. The van der Waals surface area contributed by atoms with Crippen LogP contribution in [0.2, 0.25) is 0 Å². The molecule has 0 aliphatic heterocycles. The Morgan fingerprint density at radius 1 is 1.37 bits per heavy atom. The zero-order chi connectivity index (χ0) is 13.7. The Balaban J connectivity index is 2.11. The van der Waals surface area contributed by atoms with Crippen molar-refractivity contribution < 1.29 is 4.74 Å². The molecule has 0 unspecified atom stereocenters. The molecule has 6 nitrogen and oxygen atoms in total. The molecule has 0 fully saturated rings. The van der Waals surface area contributed by atoms with Gasteiger partial charge in [-0.3, -0.25) is 4.79 Å². The van der Waals surface area contributed by atoms with Gasteiger partial charge in [0.05, 0.1) is 6.10 Å². The molecule has 0 atom stereocenters. The highest BCUT2D eigenvalue weighted by Crippen LogP contribution is 2.16. The van der Waals surface area contributed by atoms with Gasteiger partial charge in [-0.25, -0.2) is 9.97 Å². The van der Waals surface area contributed by atoms with Gasteiger partial charge in [0.2, 0.25) is 5.88 Å². The van der Waals surface area contributed by atoms with E-state index in [2.05, 4.69) is 20.3 Å². The molecule has 2 aromatic heterocycles. The Hall–Kier alpha value is -2.37. The first-order valence-corrected chi connectivity index (χ1v) is 6.05. The van der Waals surface area contributed by atoms with Crippen molar-refractivity contribution in [3.63, 3.8) is 0 Å². The highest BCUT2D eigenvalue weighted by atomic mass is 16.5. The van der Waals surface area contributed by atoms with Crippen LogP contribution in [0.4, 0.5) is 5.82 Å². The molecule has 0 radical (unpaired) electrons. The topological polar surface area (TPSA) is 79.9 Å². The molecule has 0 aromatic carbocycles. The van der Waals surface area contributed by atoms with E-state index in [0.29, 0.717) is 12.4 Å². The highest BCUT2D eigenvalue weighted by molar-refractivity contribution is 5.35. The molecule has 2 heterocycles. The third-order valence-corrected chi connectivity index (χ3v) is 2.35. The summed E-state index contributed by atoms with van der Waals surface area (Å²) < 4.78 is 5.61. The number of H-pyrrole nitrogens is 1. The lowest BCUT2D eigenvalue weighted by Crippen LogP contribution is -2.16. The van der Waals surface area contributed by atoms with Crippen LogP contribution in [-0.2, 0) is 6.54 Å². The molecular formula is C13H16N4O2. The average molecular weight is 260 g/mol. The minimum Gasteiger partial charge on any atom is -0.475 e. The molecule has 100 valence electrons. The largest absolute Gasteiger partial charge is 0.475 e. The molecule has 0 aliphatic carbocycles. The zero-order valence-corrected chi connectivity index (χ0v) is 10.9. The maximum atomic E-state index is 11.5. The zero-order valence-electron chi connectivity index (χ0n) is 10.9. The third-order valence-electron chi connectivity index (χ3n) is 2.35. The van der Waals surface area contributed by atoms with Crippen molar-refractivity contribution in [3.05, 3.63) is 46.6 Å². The summed E-state index contributed by atoms with van der Waals surface area (Å²) in [5, 5.41) is 2.97. The van der Waals surface area contributed by atoms with Crippen LogP contribution in [0.25, 0.3) is 0 Å². The number of pyridine rings is 1. The lowest BCUT2D eigenvalue weighted by atomic mass is 10.2. The molecule has 0 aliphatic rings. The fourth-order valence-electron chi connectivity index (χ4n) is 1.54. The standard InChI is InChI=1S/C13H16N4O2/c1-9(2)19-13-10(4-3-5-16-13)8-17-11-12(18)15-7-6-14-11/h3-7,9H,8H2,1-2H3,(H,14,17)(H,15,18). The van der Waals surface area contributed by atoms with E-state index in [1.165, 1.54) is 12.4 Å². The summed E-state index contributed by atoms with van der Waals surface area (Å²) in [6.07, 6.45) is 4.74. The van der Waals surface area contributed by atoms with Gasteiger partial charge in [0.1, 0.15) is 0 Å². The second-order valence-electron chi connectivity index (χ2n) is 4.25. The maximum absolute atomic E-state index is 11.5. The van der Waals surface area contributed by atoms with Gasteiger partial charge in [-0.15, -0.1) is 0 Å². The van der Waals surface area contributed by atoms with E-state index in [-0.39, 0.29) is 17.5 Å². The molecule has 0 saturated heterocycles. The van der Waals surface area contributed by atoms with Crippen LogP contribution in [-0.4, -0.2) is 21.1 Å². The van der Waals surface area contributed by atoms with Gasteiger partial charge in [0, 0.05) is 30.7 Å². The minimum atomic E-state index is -0.252. The summed E-state index contributed by atoms with van der Waals surface area (Å²) in [6.45, 7) is 4.31. The first-order valence-electron chi connectivity index (χ1n) is 6.05. The van der Waals surface area contributed by atoms with Gasteiger partial charge in [-0.2, -0.15) is 0 Å². The van der Waals surface area contributed by atoms with E-state index >= 15 is 0 Å². The van der Waals surface area contributed by atoms with E-state index in [9.17, 15) is 4.79 Å². The summed E-state index contributed by atoms with van der Waals surface area (Å²) in [5.74, 6) is 0.846. The van der Waals surface area contributed by atoms with Crippen molar-refractivity contribution in [3.8, 4) is 5.88 Å². The number of anilines is 1. The third kappa shape index (κ3) is 3.54. The Kier molecular flexibility index (Phi) is 4.12. The van der Waals surface area contributed by atoms with Crippen LogP contribution in [0, 0.1) is 0 Å². The highest BCUT2D eigenvalue weighted by Gasteiger charge is 2.07. The number of hydrogen-bond acceptors (Lipinski definition) is 5. The van der Waals surface area contributed by atoms with Gasteiger partial charge in [0.15, 0.2) is 5.82 Å². The second-order valence-corrected chi connectivity index (χ2v) is 4.25. The molecule has 6 heteroatoms. The number of rotatable bonds is 5. The Labute approximate surface area is 110 Å². The van der Waals surface area contributed by atoms with Crippen LogP contribution in [0.5, 0.6) is 5.88 Å². The lowest BCUT2D eigenvalue weighted by Gasteiger charge is -2.13. The normalized spacial score (nSPS) is 10.5. The Morgan fingerprint density at radius 2 is 2.21 bits per heavy atom. The summed E-state index contributed by atoms with van der Waals surface area (Å²) in [7, 11) is 0. The molecular weight excluding hydrogens is 244 g/mol. The maximum Gasteiger partial charge on any atom is 0.290 e. The summed E-state index contributed by atoms with van der Waals surface area (Å²) in [5.41, 5.74) is 0.624. The molecule has 2 N–H and O–H groups in total. The number of hydrogen-bond donors (Lipinski definition) is 2. The molecule has 2 aromatic rings. The molecule has 0 bridgehead atoms. The molecule has 0 saturated carbocycles. The van der Waals surface area contributed by atoms with Crippen molar-refractivity contribution in [1.29, 1.82) is 0 Å². The van der Waals surface area contributed by atoms with Gasteiger partial charge in [-0.1, -0.05) is 6.07 Å². The van der Waals surface area contributed by atoms with Gasteiger partial charge < -0.3 is 15.0 Å². The first kappa shape index (κ1) is 13.1. The van der Waals surface area contributed by atoms with E-state index in [4.69, 9.17) is 4.74 Å². The predicted molar refractivity (Wildman–Crippen MR) is 72.2 cm³/mol. The van der Waals surface area contributed by atoms with Crippen molar-refractivity contribution in [2.45, 2.75) is 26.5 Å². The van der Waals surface area contributed by atoms with Crippen LogP contribution in [0.3, 0.4) is 0 Å². The van der Waals surface area contributed by atoms with Crippen LogP contribution in [0.1, 0.15) is 19.4 Å². The van der Waals surface area contributed by atoms with E-state index in [1.807, 2.05) is 26.0 Å². The Bertz CT molecular complexity index is 595. The van der Waals surface area contributed by atoms with Crippen molar-refractivity contribution in [1.82, 2.24) is 15.0 Å². The minimum absolute atomic E-state index is 0.0481. The van der Waals surface area contributed by atoms with Crippen molar-refractivity contribution in [2.24, 2.45) is 0 Å². The van der Waals surface area contributed by atoms with Crippen molar-refractivity contribution >= 4 is 5.82 Å². The summed E-state index contributed by atoms with van der Waals surface area (Å²) in [6, 6.07) is 3.72. The second kappa shape index (κ2) is 5.99. The SMILES string of the molecule is CC(C)Oc1ncccc1CNc1ncc[nH]c1=O. The monoisotopic (exact) mass is 260 g/mol. The lowest BCUT2D eigenvalue weighted by molar-refractivity contribution is 0.230. The number of ether oxygens (including phenoxy) is 1. The quantitative estimate of drug-likeness (QED) is 0.853.